The van der Waals surface area contributed by atoms with Crippen LogP contribution in [0.15, 0.2) is 29.4 Å². The number of carbonyl (C=O) groups is 1. The van der Waals surface area contributed by atoms with Gasteiger partial charge in [0, 0.05) is 32.0 Å². The smallest absolute Gasteiger partial charge is 0.233 e. The average Bonchev–Trinajstić information content (AvgIpc) is 3.29. The summed E-state index contributed by atoms with van der Waals surface area (Å²) in [5.74, 6) is 2.21. The molecule has 5 rings (SSSR count). The topological polar surface area (TPSA) is 63.9 Å². The summed E-state index contributed by atoms with van der Waals surface area (Å²) < 4.78 is 3.47. The quantitative estimate of drug-likeness (QED) is 0.586. The second kappa shape index (κ2) is 8.44. The molecule has 152 valence electrons. The lowest BCUT2D eigenvalue weighted by Gasteiger charge is -2.31. The lowest BCUT2D eigenvalue weighted by Crippen LogP contribution is -2.39. The van der Waals surface area contributed by atoms with E-state index in [4.69, 9.17) is 4.98 Å². The fourth-order valence-electron chi connectivity index (χ4n) is 4.22. The van der Waals surface area contributed by atoms with E-state index in [2.05, 4.69) is 33.0 Å². The van der Waals surface area contributed by atoms with E-state index in [9.17, 15) is 4.79 Å². The normalized spacial score (nSPS) is 18.0. The molecule has 1 fully saturated rings. The van der Waals surface area contributed by atoms with E-state index < -0.39 is 0 Å². The molecule has 0 saturated carbocycles. The van der Waals surface area contributed by atoms with Crippen LogP contribution in [0, 0.1) is 0 Å². The highest BCUT2D eigenvalue weighted by molar-refractivity contribution is 7.99. The third kappa shape index (κ3) is 4.05. The Morgan fingerprint density at radius 3 is 2.83 bits per heavy atom. The molecule has 3 aromatic rings. The van der Waals surface area contributed by atoms with E-state index in [1.807, 2.05) is 11.0 Å². The van der Waals surface area contributed by atoms with Gasteiger partial charge in [-0.25, -0.2) is 4.98 Å². The first-order chi connectivity index (χ1) is 14.3. The number of thiazole rings is 1. The molecule has 2 aliphatic rings. The van der Waals surface area contributed by atoms with Crippen LogP contribution in [0.4, 0.5) is 0 Å². The van der Waals surface area contributed by atoms with Crippen molar-refractivity contribution in [2.24, 2.45) is 0 Å². The first-order valence-electron chi connectivity index (χ1n) is 10.5. The van der Waals surface area contributed by atoms with Crippen molar-refractivity contribution in [1.82, 2.24) is 24.6 Å². The first-order valence-corrected chi connectivity index (χ1v) is 12.3. The van der Waals surface area contributed by atoms with Gasteiger partial charge in [-0.3, -0.25) is 4.79 Å². The van der Waals surface area contributed by atoms with Crippen LogP contribution in [0.2, 0.25) is 0 Å². The van der Waals surface area contributed by atoms with Gasteiger partial charge < -0.3 is 9.47 Å². The van der Waals surface area contributed by atoms with E-state index in [0.29, 0.717) is 11.7 Å². The monoisotopic (exact) mass is 427 g/mol. The van der Waals surface area contributed by atoms with Gasteiger partial charge >= 0.3 is 0 Å². The Balaban J connectivity index is 1.16. The minimum atomic E-state index is 0.212. The van der Waals surface area contributed by atoms with E-state index in [0.717, 1.165) is 55.4 Å². The van der Waals surface area contributed by atoms with Crippen LogP contribution in [0.1, 0.15) is 48.9 Å². The van der Waals surface area contributed by atoms with E-state index >= 15 is 0 Å². The maximum Gasteiger partial charge on any atom is 0.233 e. The Bertz CT molecular complexity index is 973. The highest BCUT2D eigenvalue weighted by atomic mass is 32.2. The predicted octanol–water partition coefficient (Wildman–Crippen LogP) is 4.11. The molecule has 0 N–H and O–H groups in total. The van der Waals surface area contributed by atoms with Crippen molar-refractivity contribution in [3.63, 3.8) is 0 Å². The second-order valence-electron chi connectivity index (χ2n) is 7.82. The first kappa shape index (κ1) is 19.1. The Morgan fingerprint density at radius 2 is 1.97 bits per heavy atom. The number of hydrogen-bond acceptors (Lipinski definition) is 6. The van der Waals surface area contributed by atoms with Gasteiger partial charge in [0.15, 0.2) is 5.16 Å². The lowest BCUT2D eigenvalue weighted by molar-refractivity contribution is -0.129. The molecule has 4 heterocycles. The molecule has 1 aromatic carbocycles. The van der Waals surface area contributed by atoms with Gasteiger partial charge in [-0.05, 0) is 37.8 Å². The van der Waals surface area contributed by atoms with Gasteiger partial charge in [0.2, 0.25) is 5.91 Å². The number of para-hydroxylation sites is 1. The number of aromatic nitrogens is 4. The van der Waals surface area contributed by atoms with Crippen molar-refractivity contribution in [3.8, 4) is 0 Å². The van der Waals surface area contributed by atoms with Crippen LogP contribution in [0.3, 0.4) is 0 Å². The summed E-state index contributed by atoms with van der Waals surface area (Å²) in [6.45, 7) is 2.61. The third-order valence-corrected chi connectivity index (χ3v) is 8.06. The van der Waals surface area contributed by atoms with Crippen molar-refractivity contribution in [1.29, 1.82) is 0 Å². The Kier molecular flexibility index (Phi) is 5.54. The molecular weight excluding hydrogens is 402 g/mol. The van der Waals surface area contributed by atoms with Gasteiger partial charge in [-0.2, -0.15) is 0 Å². The molecule has 8 heteroatoms. The van der Waals surface area contributed by atoms with Gasteiger partial charge in [-0.1, -0.05) is 30.3 Å². The number of hydrogen-bond donors (Lipinski definition) is 0. The fraction of sp³-hybridized carbons (Fsp3) is 0.524. The molecule has 2 aliphatic heterocycles. The van der Waals surface area contributed by atoms with Gasteiger partial charge in [0.05, 0.1) is 21.0 Å². The second-order valence-corrected chi connectivity index (χ2v) is 9.83. The zero-order chi connectivity index (χ0) is 19.6. The summed E-state index contributed by atoms with van der Waals surface area (Å²) in [5, 5.41) is 10.8. The number of carbonyl (C=O) groups excluding carboxylic acids is 1. The van der Waals surface area contributed by atoms with Crippen molar-refractivity contribution in [3.05, 3.63) is 35.1 Å². The third-order valence-electron chi connectivity index (χ3n) is 5.91. The molecule has 0 unspecified atom stereocenters. The zero-order valence-corrected chi connectivity index (χ0v) is 18.1. The van der Waals surface area contributed by atoms with E-state index in [1.165, 1.54) is 29.0 Å². The molecule has 0 spiro atoms. The Morgan fingerprint density at radius 1 is 1.10 bits per heavy atom. The lowest BCUT2D eigenvalue weighted by atomic mass is 9.97. The van der Waals surface area contributed by atoms with Gasteiger partial charge in [-0.15, -0.1) is 21.5 Å². The number of benzene rings is 1. The average molecular weight is 428 g/mol. The molecule has 0 aliphatic carbocycles. The van der Waals surface area contributed by atoms with Crippen LogP contribution in [0.5, 0.6) is 0 Å². The molecule has 1 amide bonds. The fourth-order valence-corrected chi connectivity index (χ4v) is 6.25. The molecule has 29 heavy (non-hydrogen) atoms. The molecule has 6 nitrogen and oxygen atoms in total. The molecule has 0 radical (unpaired) electrons. The number of fused-ring (bicyclic) bond motifs is 2. The van der Waals surface area contributed by atoms with Crippen LogP contribution < -0.4 is 0 Å². The molecular formula is C21H25N5OS2. The van der Waals surface area contributed by atoms with Crippen molar-refractivity contribution in [2.75, 3.05) is 18.8 Å². The molecule has 0 atom stereocenters. The maximum absolute atomic E-state index is 12.7. The molecule has 1 saturated heterocycles. The van der Waals surface area contributed by atoms with Crippen LogP contribution in [0.25, 0.3) is 10.2 Å². The predicted molar refractivity (Wildman–Crippen MR) is 116 cm³/mol. The number of thioether (sulfide) groups is 1. The maximum atomic E-state index is 12.7. The number of likely N-dealkylation sites (tertiary alicyclic amines) is 1. The number of aryl methyl sites for hydroxylation is 1. The number of amides is 1. The Labute approximate surface area is 178 Å². The largest absolute Gasteiger partial charge is 0.342 e. The van der Waals surface area contributed by atoms with Crippen LogP contribution >= 0.6 is 23.1 Å². The standard InChI is InChI=1S/C21H25N5OS2/c27-19(14-28-21-24-23-18-8-2-1-5-11-26(18)21)25-12-9-15(10-13-25)20-22-16-6-3-4-7-17(16)29-20/h3-4,6-7,15H,1-2,5,8-14H2. The minimum absolute atomic E-state index is 0.212. The van der Waals surface area contributed by atoms with Crippen molar-refractivity contribution >= 4 is 39.2 Å². The zero-order valence-electron chi connectivity index (χ0n) is 16.4. The summed E-state index contributed by atoms with van der Waals surface area (Å²) >= 11 is 3.34. The summed E-state index contributed by atoms with van der Waals surface area (Å²) in [4.78, 5) is 19.6. The summed E-state index contributed by atoms with van der Waals surface area (Å²) in [6, 6.07) is 8.32. The number of rotatable bonds is 4. The number of piperidine rings is 1. The SMILES string of the molecule is O=C(CSc1nnc2n1CCCCC2)N1CCC(c2nc3ccccc3s2)CC1. The summed E-state index contributed by atoms with van der Waals surface area (Å²) in [6.07, 6.45) is 6.60. The summed E-state index contributed by atoms with van der Waals surface area (Å²) in [5.41, 5.74) is 1.09. The van der Waals surface area contributed by atoms with Crippen molar-refractivity contribution in [2.45, 2.75) is 56.1 Å². The minimum Gasteiger partial charge on any atom is -0.342 e. The van der Waals surface area contributed by atoms with Gasteiger partial charge in [0.1, 0.15) is 5.82 Å². The van der Waals surface area contributed by atoms with Gasteiger partial charge in [0.25, 0.3) is 0 Å². The van der Waals surface area contributed by atoms with Crippen LogP contribution in [-0.4, -0.2) is 49.4 Å². The Hall–Kier alpha value is -1.93. The van der Waals surface area contributed by atoms with Crippen molar-refractivity contribution < 1.29 is 4.79 Å². The summed E-state index contributed by atoms with van der Waals surface area (Å²) in [7, 11) is 0. The number of nitrogens with zero attached hydrogens (tertiary/aromatic N) is 5. The van der Waals surface area contributed by atoms with E-state index in [1.54, 1.807) is 23.1 Å². The molecule has 2 aromatic heterocycles. The van der Waals surface area contributed by atoms with Crippen LogP contribution in [-0.2, 0) is 17.8 Å². The highest BCUT2D eigenvalue weighted by Gasteiger charge is 2.26. The molecule has 0 bridgehead atoms. The highest BCUT2D eigenvalue weighted by Crippen LogP contribution is 2.34. The van der Waals surface area contributed by atoms with E-state index in [-0.39, 0.29) is 5.91 Å².